The highest BCUT2D eigenvalue weighted by Gasteiger charge is 2.22. The smallest absolute Gasteiger partial charge is 0.227 e. The van der Waals surface area contributed by atoms with E-state index in [1.807, 2.05) is 17.0 Å². The SMILES string of the molecule is Cc1cccc(CC(=O)N2CCN(c3ccc(C)cc3Br)CC2)c1. The normalized spacial score (nSPS) is 14.8. The van der Waals surface area contributed by atoms with Crippen molar-refractivity contribution >= 4 is 27.5 Å². The van der Waals surface area contributed by atoms with Crippen LogP contribution in [0.1, 0.15) is 16.7 Å². The number of halogens is 1. The van der Waals surface area contributed by atoms with Gasteiger partial charge in [-0.1, -0.05) is 35.9 Å². The second kappa shape index (κ2) is 7.39. The minimum absolute atomic E-state index is 0.225. The summed E-state index contributed by atoms with van der Waals surface area (Å²) in [6, 6.07) is 14.6. The molecular formula is C20H23BrN2O. The Morgan fingerprint density at radius 3 is 2.38 bits per heavy atom. The highest BCUT2D eigenvalue weighted by Crippen LogP contribution is 2.28. The third-order valence-electron chi connectivity index (χ3n) is 4.51. The summed E-state index contributed by atoms with van der Waals surface area (Å²) >= 11 is 3.66. The lowest BCUT2D eigenvalue weighted by molar-refractivity contribution is -0.130. The first kappa shape index (κ1) is 17.0. The molecule has 0 bridgehead atoms. The fraction of sp³-hybridized carbons (Fsp3) is 0.350. The summed E-state index contributed by atoms with van der Waals surface area (Å²) in [5, 5.41) is 0. The van der Waals surface area contributed by atoms with Gasteiger partial charge in [0.2, 0.25) is 5.91 Å². The van der Waals surface area contributed by atoms with Crippen LogP contribution in [-0.2, 0) is 11.2 Å². The summed E-state index contributed by atoms with van der Waals surface area (Å²) in [7, 11) is 0. The predicted molar refractivity (Wildman–Crippen MR) is 103 cm³/mol. The molecule has 0 aliphatic carbocycles. The minimum Gasteiger partial charge on any atom is -0.367 e. The molecular weight excluding hydrogens is 364 g/mol. The van der Waals surface area contributed by atoms with Crippen LogP contribution in [-0.4, -0.2) is 37.0 Å². The van der Waals surface area contributed by atoms with Gasteiger partial charge in [0.25, 0.3) is 0 Å². The summed E-state index contributed by atoms with van der Waals surface area (Å²) in [6.07, 6.45) is 0.496. The van der Waals surface area contributed by atoms with E-state index in [2.05, 4.69) is 65.0 Å². The zero-order valence-corrected chi connectivity index (χ0v) is 15.8. The first-order valence-electron chi connectivity index (χ1n) is 8.37. The van der Waals surface area contributed by atoms with E-state index in [4.69, 9.17) is 0 Å². The predicted octanol–water partition coefficient (Wildman–Crippen LogP) is 3.96. The van der Waals surface area contributed by atoms with Crippen molar-refractivity contribution in [1.82, 2.24) is 4.90 Å². The maximum Gasteiger partial charge on any atom is 0.227 e. The molecule has 0 N–H and O–H groups in total. The summed E-state index contributed by atoms with van der Waals surface area (Å²) in [5.74, 6) is 0.225. The monoisotopic (exact) mass is 386 g/mol. The Labute approximate surface area is 152 Å². The Morgan fingerprint density at radius 1 is 1.00 bits per heavy atom. The molecule has 3 rings (SSSR count). The highest BCUT2D eigenvalue weighted by atomic mass is 79.9. The Hall–Kier alpha value is -1.81. The topological polar surface area (TPSA) is 23.6 Å². The van der Waals surface area contributed by atoms with E-state index in [1.165, 1.54) is 16.8 Å². The third-order valence-corrected chi connectivity index (χ3v) is 5.15. The largest absolute Gasteiger partial charge is 0.367 e. The maximum absolute atomic E-state index is 12.5. The van der Waals surface area contributed by atoms with Gasteiger partial charge in [-0.05, 0) is 53.0 Å². The number of rotatable bonds is 3. The Balaban J connectivity index is 1.59. The fourth-order valence-corrected chi connectivity index (χ4v) is 3.92. The van der Waals surface area contributed by atoms with Crippen molar-refractivity contribution in [1.29, 1.82) is 0 Å². The van der Waals surface area contributed by atoms with Gasteiger partial charge in [-0.15, -0.1) is 0 Å². The van der Waals surface area contributed by atoms with Crippen LogP contribution < -0.4 is 4.90 Å². The number of hydrogen-bond donors (Lipinski definition) is 0. The van der Waals surface area contributed by atoms with E-state index in [0.717, 1.165) is 36.2 Å². The van der Waals surface area contributed by atoms with E-state index in [-0.39, 0.29) is 5.91 Å². The van der Waals surface area contributed by atoms with E-state index in [1.54, 1.807) is 0 Å². The van der Waals surface area contributed by atoms with Crippen LogP contribution in [0.2, 0.25) is 0 Å². The molecule has 1 aliphatic heterocycles. The lowest BCUT2D eigenvalue weighted by Crippen LogP contribution is -2.49. The summed E-state index contributed by atoms with van der Waals surface area (Å²) in [6.45, 7) is 7.47. The number of anilines is 1. The zero-order valence-electron chi connectivity index (χ0n) is 14.3. The molecule has 4 heteroatoms. The fourth-order valence-electron chi connectivity index (χ4n) is 3.17. The van der Waals surface area contributed by atoms with Crippen LogP contribution in [0.5, 0.6) is 0 Å². The first-order valence-corrected chi connectivity index (χ1v) is 9.16. The molecule has 0 radical (unpaired) electrons. The molecule has 126 valence electrons. The number of benzene rings is 2. The Morgan fingerprint density at radius 2 is 1.71 bits per heavy atom. The van der Waals surface area contributed by atoms with E-state index >= 15 is 0 Å². The lowest BCUT2D eigenvalue weighted by Gasteiger charge is -2.36. The molecule has 1 heterocycles. The Bertz CT molecular complexity index is 736. The lowest BCUT2D eigenvalue weighted by atomic mass is 10.1. The number of carbonyl (C=O) groups excluding carboxylic acids is 1. The van der Waals surface area contributed by atoms with Gasteiger partial charge < -0.3 is 9.80 Å². The van der Waals surface area contributed by atoms with Gasteiger partial charge in [-0.3, -0.25) is 4.79 Å². The second-order valence-electron chi connectivity index (χ2n) is 6.49. The molecule has 0 saturated carbocycles. The second-order valence-corrected chi connectivity index (χ2v) is 7.34. The average molecular weight is 387 g/mol. The summed E-state index contributed by atoms with van der Waals surface area (Å²) in [4.78, 5) is 16.9. The van der Waals surface area contributed by atoms with Crippen LogP contribution >= 0.6 is 15.9 Å². The number of amides is 1. The molecule has 1 saturated heterocycles. The Kier molecular flexibility index (Phi) is 5.24. The minimum atomic E-state index is 0.225. The van der Waals surface area contributed by atoms with Crippen LogP contribution in [0.4, 0.5) is 5.69 Å². The van der Waals surface area contributed by atoms with Gasteiger partial charge >= 0.3 is 0 Å². The number of carbonyl (C=O) groups is 1. The molecule has 0 unspecified atom stereocenters. The quantitative estimate of drug-likeness (QED) is 0.796. The van der Waals surface area contributed by atoms with E-state index < -0.39 is 0 Å². The molecule has 0 spiro atoms. The van der Waals surface area contributed by atoms with E-state index in [9.17, 15) is 4.79 Å². The van der Waals surface area contributed by atoms with Gasteiger partial charge in [0.1, 0.15) is 0 Å². The summed E-state index contributed by atoms with van der Waals surface area (Å²) < 4.78 is 1.13. The number of piperazine rings is 1. The molecule has 0 aromatic heterocycles. The van der Waals surface area contributed by atoms with E-state index in [0.29, 0.717) is 6.42 Å². The number of hydrogen-bond acceptors (Lipinski definition) is 2. The number of nitrogens with zero attached hydrogens (tertiary/aromatic N) is 2. The van der Waals surface area contributed by atoms with Crippen LogP contribution in [0.25, 0.3) is 0 Å². The summed E-state index contributed by atoms with van der Waals surface area (Å²) in [5.41, 5.74) is 4.77. The van der Waals surface area contributed by atoms with Gasteiger partial charge in [-0.25, -0.2) is 0 Å². The van der Waals surface area contributed by atoms with Crippen molar-refractivity contribution in [3.05, 3.63) is 63.6 Å². The maximum atomic E-state index is 12.5. The van der Waals surface area contributed by atoms with Crippen molar-refractivity contribution in [3.63, 3.8) is 0 Å². The van der Waals surface area contributed by atoms with Crippen LogP contribution in [0, 0.1) is 13.8 Å². The molecule has 0 atom stereocenters. The standard InChI is InChI=1S/C20H23BrN2O/c1-15-4-3-5-17(12-15)14-20(24)23-10-8-22(9-11-23)19-7-6-16(2)13-18(19)21/h3-7,12-13H,8-11,14H2,1-2H3. The van der Waals surface area contributed by atoms with Crippen LogP contribution in [0.3, 0.4) is 0 Å². The molecule has 24 heavy (non-hydrogen) atoms. The average Bonchev–Trinajstić information content (AvgIpc) is 2.55. The number of aryl methyl sites for hydroxylation is 2. The molecule has 2 aromatic carbocycles. The van der Waals surface area contributed by atoms with Gasteiger partial charge in [0.15, 0.2) is 0 Å². The van der Waals surface area contributed by atoms with Crippen molar-refractivity contribution < 1.29 is 4.79 Å². The molecule has 1 amide bonds. The zero-order chi connectivity index (χ0) is 17.1. The molecule has 1 aliphatic rings. The van der Waals surface area contributed by atoms with Gasteiger partial charge in [0.05, 0.1) is 12.1 Å². The van der Waals surface area contributed by atoms with Crippen molar-refractivity contribution in [3.8, 4) is 0 Å². The van der Waals surface area contributed by atoms with Crippen molar-refractivity contribution in [2.75, 3.05) is 31.1 Å². The molecule has 3 nitrogen and oxygen atoms in total. The highest BCUT2D eigenvalue weighted by molar-refractivity contribution is 9.10. The molecule has 1 fully saturated rings. The molecule has 2 aromatic rings. The van der Waals surface area contributed by atoms with Crippen molar-refractivity contribution in [2.24, 2.45) is 0 Å². The first-order chi connectivity index (χ1) is 11.5. The van der Waals surface area contributed by atoms with Crippen molar-refractivity contribution in [2.45, 2.75) is 20.3 Å². The van der Waals surface area contributed by atoms with Gasteiger partial charge in [0, 0.05) is 30.7 Å². The van der Waals surface area contributed by atoms with Crippen LogP contribution in [0.15, 0.2) is 46.9 Å². The van der Waals surface area contributed by atoms with Gasteiger partial charge in [-0.2, -0.15) is 0 Å². The third kappa shape index (κ3) is 3.99.